The summed E-state index contributed by atoms with van der Waals surface area (Å²) in [6.45, 7) is 3.70. The fourth-order valence-electron chi connectivity index (χ4n) is 1.53. The third-order valence-electron chi connectivity index (χ3n) is 2.46. The summed E-state index contributed by atoms with van der Waals surface area (Å²) >= 11 is 0. The van der Waals surface area contributed by atoms with Gasteiger partial charge in [-0.1, -0.05) is 0 Å². The molecule has 0 amide bonds. The molecule has 0 saturated carbocycles. The summed E-state index contributed by atoms with van der Waals surface area (Å²) in [7, 11) is 0. The van der Waals surface area contributed by atoms with E-state index in [-0.39, 0.29) is 5.56 Å². The number of pyridine rings is 2. The lowest BCUT2D eigenvalue weighted by molar-refractivity contribution is 0.0697. The lowest BCUT2D eigenvalue weighted by Crippen LogP contribution is -2.04. The first-order valence-corrected chi connectivity index (χ1v) is 5.46. The Morgan fingerprint density at radius 1 is 1.17 bits per heavy atom. The molecule has 0 atom stereocenters. The van der Waals surface area contributed by atoms with Crippen molar-refractivity contribution in [2.75, 3.05) is 5.32 Å². The monoisotopic (exact) mass is 243 g/mol. The van der Waals surface area contributed by atoms with Crippen molar-refractivity contribution in [3.63, 3.8) is 0 Å². The SMILES string of the molecule is Cc1ccc(Nc2cc(C)ncc2C(=O)O)cn1. The highest BCUT2D eigenvalue weighted by Crippen LogP contribution is 2.20. The van der Waals surface area contributed by atoms with E-state index >= 15 is 0 Å². The number of anilines is 2. The van der Waals surface area contributed by atoms with Crippen LogP contribution in [0.4, 0.5) is 11.4 Å². The zero-order valence-electron chi connectivity index (χ0n) is 10.1. The van der Waals surface area contributed by atoms with Gasteiger partial charge in [0, 0.05) is 17.6 Å². The Morgan fingerprint density at radius 3 is 2.50 bits per heavy atom. The molecule has 92 valence electrons. The molecule has 0 fully saturated rings. The fourth-order valence-corrected chi connectivity index (χ4v) is 1.53. The summed E-state index contributed by atoms with van der Waals surface area (Å²) in [5.41, 5.74) is 3.06. The highest BCUT2D eigenvalue weighted by atomic mass is 16.4. The molecule has 0 spiro atoms. The second kappa shape index (κ2) is 4.83. The molecule has 2 N–H and O–H groups in total. The van der Waals surface area contributed by atoms with E-state index in [2.05, 4.69) is 15.3 Å². The molecule has 5 nitrogen and oxygen atoms in total. The Balaban J connectivity index is 2.35. The standard InChI is InChI=1S/C13H13N3O2/c1-8-3-4-10(6-14-8)16-12-5-9(2)15-7-11(12)13(17)18/h3-7H,1-2H3,(H,15,16)(H,17,18). The van der Waals surface area contributed by atoms with Gasteiger partial charge in [-0.3, -0.25) is 9.97 Å². The van der Waals surface area contributed by atoms with Gasteiger partial charge in [0.1, 0.15) is 5.56 Å². The number of nitrogens with zero attached hydrogens (tertiary/aromatic N) is 2. The number of carbonyl (C=O) groups is 1. The minimum atomic E-state index is -1.01. The van der Waals surface area contributed by atoms with E-state index in [1.165, 1.54) is 6.20 Å². The second-order valence-electron chi connectivity index (χ2n) is 3.99. The number of rotatable bonds is 3. The number of aryl methyl sites for hydroxylation is 2. The van der Waals surface area contributed by atoms with E-state index in [1.54, 1.807) is 12.3 Å². The third-order valence-corrected chi connectivity index (χ3v) is 2.46. The number of carboxylic acid groups (broad SMARTS) is 1. The highest BCUT2D eigenvalue weighted by Gasteiger charge is 2.11. The van der Waals surface area contributed by atoms with Crippen LogP contribution in [-0.2, 0) is 0 Å². The third kappa shape index (κ3) is 2.63. The zero-order chi connectivity index (χ0) is 13.1. The molecule has 2 rings (SSSR count). The van der Waals surface area contributed by atoms with Gasteiger partial charge in [-0.25, -0.2) is 4.79 Å². The minimum absolute atomic E-state index is 0.140. The lowest BCUT2D eigenvalue weighted by atomic mass is 10.2. The number of nitrogens with one attached hydrogen (secondary N) is 1. The quantitative estimate of drug-likeness (QED) is 0.866. The molecule has 2 aromatic rings. The number of hydrogen-bond acceptors (Lipinski definition) is 4. The summed E-state index contributed by atoms with van der Waals surface area (Å²) in [5, 5.41) is 12.1. The van der Waals surface area contributed by atoms with Gasteiger partial charge in [-0.05, 0) is 32.0 Å². The summed E-state index contributed by atoms with van der Waals surface area (Å²) in [4.78, 5) is 19.2. The first-order valence-electron chi connectivity index (χ1n) is 5.46. The average molecular weight is 243 g/mol. The molecule has 5 heteroatoms. The molecular weight excluding hydrogens is 230 g/mol. The van der Waals surface area contributed by atoms with Crippen molar-refractivity contribution < 1.29 is 9.90 Å². The molecule has 2 heterocycles. The summed E-state index contributed by atoms with van der Waals surface area (Å²) in [5.74, 6) is -1.01. The van der Waals surface area contributed by atoms with Crippen LogP contribution in [-0.4, -0.2) is 21.0 Å². The Morgan fingerprint density at radius 2 is 1.89 bits per heavy atom. The van der Waals surface area contributed by atoms with E-state index in [1.807, 2.05) is 26.0 Å². The summed E-state index contributed by atoms with van der Waals surface area (Å²) in [6, 6.07) is 5.41. The normalized spacial score (nSPS) is 10.1. The van der Waals surface area contributed by atoms with Crippen molar-refractivity contribution >= 4 is 17.3 Å². The summed E-state index contributed by atoms with van der Waals surface area (Å²) < 4.78 is 0. The fraction of sp³-hybridized carbons (Fsp3) is 0.154. The van der Waals surface area contributed by atoms with Gasteiger partial charge in [0.05, 0.1) is 17.6 Å². The molecule has 0 aliphatic heterocycles. The van der Waals surface area contributed by atoms with Crippen molar-refractivity contribution in [2.24, 2.45) is 0 Å². The van der Waals surface area contributed by atoms with Crippen LogP contribution in [0.3, 0.4) is 0 Å². The van der Waals surface area contributed by atoms with E-state index < -0.39 is 5.97 Å². The predicted molar refractivity (Wildman–Crippen MR) is 68.2 cm³/mol. The van der Waals surface area contributed by atoms with E-state index in [4.69, 9.17) is 5.11 Å². The molecule has 18 heavy (non-hydrogen) atoms. The minimum Gasteiger partial charge on any atom is -0.478 e. The Hall–Kier alpha value is -2.43. The van der Waals surface area contributed by atoms with Gasteiger partial charge in [0.25, 0.3) is 0 Å². The molecule has 0 aromatic carbocycles. The van der Waals surface area contributed by atoms with E-state index in [9.17, 15) is 4.79 Å². The molecule has 2 aromatic heterocycles. The van der Waals surface area contributed by atoms with Crippen molar-refractivity contribution in [1.82, 2.24) is 9.97 Å². The number of carboxylic acids is 1. The maximum Gasteiger partial charge on any atom is 0.339 e. The van der Waals surface area contributed by atoms with Gasteiger partial charge in [-0.2, -0.15) is 0 Å². The van der Waals surface area contributed by atoms with Gasteiger partial charge in [-0.15, -0.1) is 0 Å². The van der Waals surface area contributed by atoms with Crippen molar-refractivity contribution in [2.45, 2.75) is 13.8 Å². The highest BCUT2D eigenvalue weighted by molar-refractivity contribution is 5.94. The Bertz CT molecular complexity index is 579. The van der Waals surface area contributed by atoms with Crippen LogP contribution >= 0.6 is 0 Å². The second-order valence-corrected chi connectivity index (χ2v) is 3.99. The lowest BCUT2D eigenvalue weighted by Gasteiger charge is -2.09. The Kier molecular flexibility index (Phi) is 3.23. The van der Waals surface area contributed by atoms with Crippen LogP contribution in [0.2, 0.25) is 0 Å². The van der Waals surface area contributed by atoms with E-state index in [0.717, 1.165) is 17.1 Å². The Labute approximate surface area is 105 Å². The van der Waals surface area contributed by atoms with Gasteiger partial charge < -0.3 is 10.4 Å². The van der Waals surface area contributed by atoms with Crippen LogP contribution in [0.1, 0.15) is 21.7 Å². The molecule has 0 saturated heterocycles. The smallest absolute Gasteiger partial charge is 0.339 e. The van der Waals surface area contributed by atoms with Crippen molar-refractivity contribution in [3.8, 4) is 0 Å². The largest absolute Gasteiger partial charge is 0.478 e. The molecule has 0 radical (unpaired) electrons. The predicted octanol–water partition coefficient (Wildman–Crippen LogP) is 2.54. The van der Waals surface area contributed by atoms with Crippen molar-refractivity contribution in [1.29, 1.82) is 0 Å². The molecular formula is C13H13N3O2. The molecule has 0 bridgehead atoms. The van der Waals surface area contributed by atoms with Crippen molar-refractivity contribution in [3.05, 3.63) is 47.5 Å². The zero-order valence-corrected chi connectivity index (χ0v) is 10.1. The van der Waals surface area contributed by atoms with Crippen LogP contribution in [0.15, 0.2) is 30.6 Å². The number of aromatic carboxylic acids is 1. The molecule has 0 unspecified atom stereocenters. The number of hydrogen-bond donors (Lipinski definition) is 2. The molecule has 0 aliphatic carbocycles. The van der Waals surface area contributed by atoms with Crippen LogP contribution < -0.4 is 5.32 Å². The topological polar surface area (TPSA) is 75.1 Å². The van der Waals surface area contributed by atoms with Gasteiger partial charge in [0.2, 0.25) is 0 Å². The maximum atomic E-state index is 11.1. The maximum absolute atomic E-state index is 11.1. The van der Waals surface area contributed by atoms with Gasteiger partial charge >= 0.3 is 5.97 Å². The first kappa shape index (κ1) is 12.0. The van der Waals surface area contributed by atoms with Crippen LogP contribution in [0.25, 0.3) is 0 Å². The van der Waals surface area contributed by atoms with Crippen LogP contribution in [0.5, 0.6) is 0 Å². The first-order chi connectivity index (χ1) is 8.56. The van der Waals surface area contributed by atoms with Gasteiger partial charge in [0.15, 0.2) is 0 Å². The van der Waals surface area contributed by atoms with Crippen LogP contribution in [0, 0.1) is 13.8 Å². The van der Waals surface area contributed by atoms with E-state index in [0.29, 0.717) is 5.69 Å². The average Bonchev–Trinajstić information content (AvgIpc) is 2.32. The molecule has 0 aliphatic rings. The number of aromatic nitrogens is 2. The summed E-state index contributed by atoms with van der Waals surface area (Å²) in [6.07, 6.45) is 3.01.